The molecule has 0 spiro atoms. The van der Waals surface area contributed by atoms with E-state index in [1.807, 2.05) is 6.08 Å². The fourth-order valence-corrected chi connectivity index (χ4v) is 1.77. The van der Waals surface area contributed by atoms with Gasteiger partial charge in [-0.3, -0.25) is 0 Å². The van der Waals surface area contributed by atoms with E-state index in [0.29, 0.717) is 17.3 Å². The van der Waals surface area contributed by atoms with Gasteiger partial charge in [0.25, 0.3) is 0 Å². The summed E-state index contributed by atoms with van der Waals surface area (Å²) in [6, 6.07) is 8.33. The maximum Gasteiger partial charge on any atom is 0.338 e. The van der Waals surface area contributed by atoms with Gasteiger partial charge in [0.15, 0.2) is 0 Å². The lowest BCUT2D eigenvalue weighted by Gasteiger charge is -2.09. The van der Waals surface area contributed by atoms with Crippen molar-refractivity contribution >= 4 is 12.0 Å². The van der Waals surface area contributed by atoms with E-state index in [2.05, 4.69) is 51.6 Å². The van der Waals surface area contributed by atoms with E-state index in [4.69, 9.17) is 4.74 Å². The highest BCUT2D eigenvalue weighted by Gasteiger charge is 2.07. The Bertz CT molecular complexity index is 493. The van der Waals surface area contributed by atoms with Crippen molar-refractivity contribution in [3.8, 4) is 0 Å². The number of hydrogen-bond donors (Lipinski definition) is 0. The van der Waals surface area contributed by atoms with Gasteiger partial charge in [0, 0.05) is 12.0 Å². The molecule has 0 atom stereocenters. The second kappa shape index (κ2) is 7.68. The van der Waals surface area contributed by atoms with Crippen molar-refractivity contribution in [2.75, 3.05) is 0 Å². The summed E-state index contributed by atoms with van der Waals surface area (Å²) in [6.07, 6.45) is 3.60. The summed E-state index contributed by atoms with van der Waals surface area (Å²) in [4.78, 5) is 11.6. The lowest BCUT2D eigenvalue weighted by atomic mass is 10.0. The Balaban J connectivity index is 2.89. The maximum absolute atomic E-state index is 11.6. The van der Waals surface area contributed by atoms with Crippen LogP contribution in [-0.4, -0.2) is 5.97 Å². The van der Waals surface area contributed by atoms with Gasteiger partial charge in [-0.2, -0.15) is 0 Å². The molecule has 0 radical (unpaired) electrons. The van der Waals surface area contributed by atoms with Gasteiger partial charge in [-0.1, -0.05) is 51.6 Å². The average Bonchev–Trinajstić information content (AvgIpc) is 2.39. The molecule has 0 saturated carbocycles. The average molecular weight is 272 g/mol. The van der Waals surface area contributed by atoms with Gasteiger partial charge in [0.1, 0.15) is 5.76 Å². The number of hydrogen-bond acceptors (Lipinski definition) is 2. The summed E-state index contributed by atoms with van der Waals surface area (Å²) in [5.74, 6) is 0.852. The van der Waals surface area contributed by atoms with Crippen LogP contribution in [0, 0.1) is 0 Å². The van der Waals surface area contributed by atoms with Gasteiger partial charge in [0.2, 0.25) is 0 Å². The Morgan fingerprint density at radius 2 is 1.90 bits per heavy atom. The van der Waals surface area contributed by atoms with E-state index in [1.165, 1.54) is 5.56 Å². The first-order valence-electron chi connectivity index (χ1n) is 7.12. The smallest absolute Gasteiger partial charge is 0.338 e. The summed E-state index contributed by atoms with van der Waals surface area (Å²) in [6.45, 7) is 11.7. The Kier molecular flexibility index (Phi) is 6.23. The Morgan fingerprint density at radius 1 is 1.30 bits per heavy atom. The van der Waals surface area contributed by atoms with E-state index < -0.39 is 0 Å². The lowest BCUT2D eigenvalue weighted by Crippen LogP contribution is -2.04. The van der Waals surface area contributed by atoms with Gasteiger partial charge >= 0.3 is 5.97 Å². The van der Waals surface area contributed by atoms with E-state index in [0.717, 1.165) is 18.4 Å². The van der Waals surface area contributed by atoms with Crippen LogP contribution in [0.4, 0.5) is 0 Å². The summed E-state index contributed by atoms with van der Waals surface area (Å²) in [7, 11) is 0. The van der Waals surface area contributed by atoms with Crippen LogP contribution in [0.5, 0.6) is 0 Å². The molecule has 0 aromatic heterocycles. The molecule has 0 unspecified atom stereocenters. The molecule has 1 aromatic rings. The van der Waals surface area contributed by atoms with Crippen LogP contribution in [0.2, 0.25) is 0 Å². The van der Waals surface area contributed by atoms with Gasteiger partial charge in [-0.05, 0) is 36.5 Å². The molecule has 0 aliphatic carbocycles. The molecule has 108 valence electrons. The van der Waals surface area contributed by atoms with Crippen LogP contribution in [0.3, 0.4) is 0 Å². The SMILES string of the molecule is C=C(C)C(=O)OC(=Cc1ccc(C(C)C)cc1)CCC. The van der Waals surface area contributed by atoms with Crippen LogP contribution in [0.25, 0.3) is 6.08 Å². The van der Waals surface area contributed by atoms with Crippen LogP contribution in [-0.2, 0) is 9.53 Å². The van der Waals surface area contributed by atoms with E-state index in [1.54, 1.807) is 6.92 Å². The van der Waals surface area contributed by atoms with Gasteiger partial charge < -0.3 is 4.74 Å². The Labute approximate surface area is 122 Å². The van der Waals surface area contributed by atoms with Crippen molar-refractivity contribution < 1.29 is 9.53 Å². The molecule has 0 bridgehead atoms. The first-order valence-corrected chi connectivity index (χ1v) is 7.12. The topological polar surface area (TPSA) is 26.3 Å². The maximum atomic E-state index is 11.6. The van der Waals surface area contributed by atoms with Gasteiger partial charge in [-0.15, -0.1) is 0 Å². The molecule has 0 amide bonds. The molecule has 0 heterocycles. The largest absolute Gasteiger partial charge is 0.428 e. The van der Waals surface area contributed by atoms with E-state index in [9.17, 15) is 4.79 Å². The first-order chi connectivity index (χ1) is 9.43. The summed E-state index contributed by atoms with van der Waals surface area (Å²) in [5, 5.41) is 0. The zero-order chi connectivity index (χ0) is 15.1. The van der Waals surface area contributed by atoms with Crippen molar-refractivity contribution in [1.29, 1.82) is 0 Å². The van der Waals surface area contributed by atoms with Crippen molar-refractivity contribution in [3.05, 3.63) is 53.3 Å². The number of esters is 1. The van der Waals surface area contributed by atoms with Crippen molar-refractivity contribution in [3.63, 3.8) is 0 Å². The normalized spacial score (nSPS) is 11.6. The fraction of sp³-hybridized carbons (Fsp3) is 0.389. The third kappa shape index (κ3) is 5.04. The number of carbonyl (C=O) groups is 1. The molecule has 20 heavy (non-hydrogen) atoms. The third-order valence-corrected chi connectivity index (χ3v) is 3.00. The molecule has 2 heteroatoms. The van der Waals surface area contributed by atoms with Crippen LogP contribution in [0.15, 0.2) is 42.2 Å². The molecule has 0 N–H and O–H groups in total. The fourth-order valence-electron chi connectivity index (χ4n) is 1.77. The van der Waals surface area contributed by atoms with Gasteiger partial charge in [0.05, 0.1) is 0 Å². The van der Waals surface area contributed by atoms with Crippen molar-refractivity contribution in [2.24, 2.45) is 0 Å². The van der Waals surface area contributed by atoms with E-state index in [-0.39, 0.29) is 5.97 Å². The number of rotatable bonds is 6. The summed E-state index contributed by atoms with van der Waals surface area (Å²) < 4.78 is 5.36. The Hall–Kier alpha value is -1.83. The first kappa shape index (κ1) is 16.2. The van der Waals surface area contributed by atoms with Crippen LogP contribution in [0.1, 0.15) is 57.6 Å². The monoisotopic (exact) mass is 272 g/mol. The molecular weight excluding hydrogens is 248 g/mol. The summed E-state index contributed by atoms with van der Waals surface area (Å²) in [5.41, 5.74) is 2.77. The lowest BCUT2D eigenvalue weighted by molar-refractivity contribution is -0.135. The molecule has 0 fully saturated rings. The molecule has 2 nitrogen and oxygen atoms in total. The Morgan fingerprint density at radius 3 is 2.35 bits per heavy atom. The molecule has 0 saturated heterocycles. The number of carbonyl (C=O) groups excluding carboxylic acids is 1. The van der Waals surface area contributed by atoms with Crippen LogP contribution < -0.4 is 0 Å². The zero-order valence-corrected chi connectivity index (χ0v) is 12.9. The second-order valence-corrected chi connectivity index (χ2v) is 5.35. The predicted molar refractivity (Wildman–Crippen MR) is 84.3 cm³/mol. The minimum Gasteiger partial charge on any atom is -0.428 e. The molecular formula is C18H24O2. The molecule has 1 aromatic carbocycles. The highest BCUT2D eigenvalue weighted by Crippen LogP contribution is 2.18. The highest BCUT2D eigenvalue weighted by atomic mass is 16.5. The van der Waals surface area contributed by atoms with Crippen molar-refractivity contribution in [2.45, 2.75) is 46.5 Å². The van der Waals surface area contributed by atoms with Crippen LogP contribution >= 0.6 is 0 Å². The minimum atomic E-state index is -0.358. The predicted octanol–water partition coefficient (Wildman–Crippen LogP) is 5.07. The standard InChI is InChI=1S/C18H24O2/c1-6-7-17(20-18(19)14(4)5)12-15-8-10-16(11-9-15)13(2)3/h8-13H,4,6-7H2,1-3,5H3. The quantitative estimate of drug-likeness (QED) is 0.410. The zero-order valence-electron chi connectivity index (χ0n) is 12.9. The molecule has 1 rings (SSSR count). The highest BCUT2D eigenvalue weighted by molar-refractivity contribution is 5.88. The van der Waals surface area contributed by atoms with E-state index >= 15 is 0 Å². The third-order valence-electron chi connectivity index (χ3n) is 3.00. The molecule has 0 aliphatic rings. The van der Waals surface area contributed by atoms with Crippen molar-refractivity contribution in [1.82, 2.24) is 0 Å². The second-order valence-electron chi connectivity index (χ2n) is 5.35. The van der Waals surface area contributed by atoms with Gasteiger partial charge in [-0.25, -0.2) is 4.79 Å². The number of allylic oxidation sites excluding steroid dienone is 1. The molecule has 0 aliphatic heterocycles. The number of ether oxygens (including phenoxy) is 1. The minimum absolute atomic E-state index is 0.358. The number of benzene rings is 1. The summed E-state index contributed by atoms with van der Waals surface area (Å²) >= 11 is 0.